The number of nitrogens with zero attached hydrogens (tertiary/aromatic N) is 1. The molecular formula is C25H26N2O4. The number of fused-ring (bicyclic) bond motifs is 1. The van der Waals surface area contributed by atoms with Gasteiger partial charge in [-0.1, -0.05) is 36.4 Å². The van der Waals surface area contributed by atoms with E-state index in [0.29, 0.717) is 43.0 Å². The molecule has 1 saturated heterocycles. The minimum absolute atomic E-state index is 0.0151. The molecule has 1 heterocycles. The maximum absolute atomic E-state index is 13.1. The lowest BCUT2D eigenvalue weighted by Crippen LogP contribution is -2.46. The van der Waals surface area contributed by atoms with E-state index in [-0.39, 0.29) is 17.9 Å². The van der Waals surface area contributed by atoms with Crippen molar-refractivity contribution in [2.45, 2.75) is 18.9 Å². The Labute approximate surface area is 181 Å². The zero-order valence-corrected chi connectivity index (χ0v) is 17.8. The lowest BCUT2D eigenvalue weighted by Gasteiger charge is -2.32. The first-order valence-corrected chi connectivity index (χ1v) is 10.4. The van der Waals surface area contributed by atoms with Crippen LogP contribution in [0.1, 0.15) is 33.6 Å². The monoisotopic (exact) mass is 418 g/mol. The lowest BCUT2D eigenvalue weighted by molar-refractivity contribution is 0.0700. The van der Waals surface area contributed by atoms with Crippen LogP contribution in [0.4, 0.5) is 0 Å². The molecule has 1 aliphatic rings. The predicted octanol–water partition coefficient (Wildman–Crippen LogP) is 3.89. The van der Waals surface area contributed by atoms with Gasteiger partial charge in [0.25, 0.3) is 11.8 Å². The quantitative estimate of drug-likeness (QED) is 0.683. The van der Waals surface area contributed by atoms with Crippen molar-refractivity contribution in [2.24, 2.45) is 0 Å². The number of methoxy groups -OCH3 is 2. The Morgan fingerprint density at radius 1 is 0.903 bits per heavy atom. The molecule has 0 radical (unpaired) electrons. The van der Waals surface area contributed by atoms with Crippen molar-refractivity contribution < 1.29 is 19.1 Å². The summed E-state index contributed by atoms with van der Waals surface area (Å²) in [5.74, 6) is 1.01. The van der Waals surface area contributed by atoms with Crippen molar-refractivity contribution in [3.8, 4) is 11.5 Å². The second-order valence-corrected chi connectivity index (χ2v) is 7.67. The first-order chi connectivity index (χ1) is 15.1. The molecule has 1 aliphatic heterocycles. The molecule has 0 atom stereocenters. The van der Waals surface area contributed by atoms with Gasteiger partial charge in [-0.25, -0.2) is 0 Å². The Hall–Kier alpha value is -3.54. The molecule has 0 aromatic heterocycles. The average molecular weight is 418 g/mol. The third-order valence-electron chi connectivity index (χ3n) is 5.75. The van der Waals surface area contributed by atoms with Gasteiger partial charge in [-0.05, 0) is 41.8 Å². The highest BCUT2D eigenvalue weighted by Crippen LogP contribution is 2.24. The van der Waals surface area contributed by atoms with E-state index in [1.165, 1.54) is 0 Å². The number of benzene rings is 3. The van der Waals surface area contributed by atoms with E-state index < -0.39 is 0 Å². The molecule has 1 N–H and O–H groups in total. The molecule has 3 aromatic rings. The highest BCUT2D eigenvalue weighted by molar-refractivity contribution is 6.07. The number of amides is 2. The third-order valence-corrected chi connectivity index (χ3v) is 5.75. The van der Waals surface area contributed by atoms with Gasteiger partial charge in [0, 0.05) is 36.3 Å². The summed E-state index contributed by atoms with van der Waals surface area (Å²) in [6, 6.07) is 18.9. The molecule has 6 nitrogen and oxygen atoms in total. The molecule has 0 bridgehead atoms. The van der Waals surface area contributed by atoms with Crippen molar-refractivity contribution in [3.63, 3.8) is 0 Å². The molecule has 0 unspecified atom stereocenters. The molecule has 160 valence electrons. The number of hydrogen-bond acceptors (Lipinski definition) is 4. The summed E-state index contributed by atoms with van der Waals surface area (Å²) in [4.78, 5) is 27.7. The van der Waals surface area contributed by atoms with E-state index in [1.807, 2.05) is 47.4 Å². The van der Waals surface area contributed by atoms with Crippen molar-refractivity contribution >= 4 is 22.6 Å². The summed E-state index contributed by atoms with van der Waals surface area (Å²) >= 11 is 0. The van der Waals surface area contributed by atoms with Crippen LogP contribution in [0.5, 0.6) is 11.5 Å². The summed E-state index contributed by atoms with van der Waals surface area (Å²) in [7, 11) is 3.11. The fourth-order valence-corrected chi connectivity index (χ4v) is 4.02. The van der Waals surface area contributed by atoms with Gasteiger partial charge >= 0.3 is 0 Å². The normalized spacial score (nSPS) is 14.3. The number of piperidine rings is 1. The van der Waals surface area contributed by atoms with Crippen molar-refractivity contribution in [2.75, 3.05) is 27.3 Å². The highest BCUT2D eigenvalue weighted by Gasteiger charge is 2.26. The Morgan fingerprint density at radius 2 is 1.55 bits per heavy atom. The third kappa shape index (κ3) is 4.48. The van der Waals surface area contributed by atoms with Crippen molar-refractivity contribution in [3.05, 3.63) is 71.8 Å². The molecule has 1 fully saturated rings. The number of likely N-dealkylation sites (tertiary alicyclic amines) is 1. The zero-order valence-electron chi connectivity index (χ0n) is 17.8. The topological polar surface area (TPSA) is 67.9 Å². The smallest absolute Gasteiger partial charge is 0.254 e. The Balaban J connectivity index is 1.40. The summed E-state index contributed by atoms with van der Waals surface area (Å²) in [5, 5.41) is 5.11. The standard InChI is InChI=1S/C25H26N2O4/c1-30-20-14-18(15-21(16-20)31-2)24(28)26-19-10-12-27(13-11-19)25(29)23-9-5-7-17-6-3-4-8-22(17)23/h3-9,14-16,19H,10-13H2,1-2H3,(H,26,28). The number of rotatable bonds is 5. The van der Waals surface area contributed by atoms with Gasteiger partial charge in [-0.3, -0.25) is 9.59 Å². The summed E-state index contributed by atoms with van der Waals surface area (Å²) < 4.78 is 10.5. The summed E-state index contributed by atoms with van der Waals surface area (Å²) in [6.45, 7) is 1.21. The van der Waals surface area contributed by atoms with Crippen LogP contribution in [-0.4, -0.2) is 50.1 Å². The second-order valence-electron chi connectivity index (χ2n) is 7.67. The fourth-order valence-electron chi connectivity index (χ4n) is 4.02. The molecule has 4 rings (SSSR count). The van der Waals surface area contributed by atoms with Crippen LogP contribution in [0.2, 0.25) is 0 Å². The number of carbonyl (C=O) groups excluding carboxylic acids is 2. The summed E-state index contributed by atoms with van der Waals surface area (Å²) in [6.07, 6.45) is 1.42. The van der Waals surface area contributed by atoms with Gasteiger partial charge in [-0.2, -0.15) is 0 Å². The number of ether oxygens (including phenoxy) is 2. The van der Waals surface area contributed by atoms with Crippen LogP contribution < -0.4 is 14.8 Å². The number of carbonyl (C=O) groups is 2. The maximum Gasteiger partial charge on any atom is 0.254 e. The van der Waals surface area contributed by atoms with E-state index in [2.05, 4.69) is 5.32 Å². The van der Waals surface area contributed by atoms with Gasteiger partial charge in [0.2, 0.25) is 0 Å². The van der Waals surface area contributed by atoms with E-state index >= 15 is 0 Å². The Morgan fingerprint density at radius 3 is 2.23 bits per heavy atom. The zero-order chi connectivity index (χ0) is 21.8. The predicted molar refractivity (Wildman–Crippen MR) is 120 cm³/mol. The van der Waals surface area contributed by atoms with Gasteiger partial charge in [-0.15, -0.1) is 0 Å². The molecule has 0 spiro atoms. The molecule has 6 heteroatoms. The second kappa shape index (κ2) is 9.08. The molecule has 0 aliphatic carbocycles. The van der Waals surface area contributed by atoms with Crippen LogP contribution in [-0.2, 0) is 0 Å². The van der Waals surface area contributed by atoms with Gasteiger partial charge < -0.3 is 19.7 Å². The minimum Gasteiger partial charge on any atom is -0.497 e. The van der Waals surface area contributed by atoms with Crippen LogP contribution in [0.25, 0.3) is 10.8 Å². The van der Waals surface area contributed by atoms with Gasteiger partial charge in [0.1, 0.15) is 11.5 Å². The van der Waals surface area contributed by atoms with Crippen molar-refractivity contribution in [1.29, 1.82) is 0 Å². The minimum atomic E-state index is -0.170. The van der Waals surface area contributed by atoms with E-state index in [0.717, 1.165) is 16.3 Å². The maximum atomic E-state index is 13.1. The molecule has 2 amide bonds. The number of nitrogens with one attached hydrogen (secondary N) is 1. The summed E-state index contributed by atoms with van der Waals surface area (Å²) in [5.41, 5.74) is 1.22. The number of hydrogen-bond donors (Lipinski definition) is 1. The van der Waals surface area contributed by atoms with Crippen LogP contribution in [0.3, 0.4) is 0 Å². The van der Waals surface area contributed by atoms with Gasteiger partial charge in [0.05, 0.1) is 14.2 Å². The highest BCUT2D eigenvalue weighted by atomic mass is 16.5. The first kappa shape index (κ1) is 20.7. The van der Waals surface area contributed by atoms with Crippen LogP contribution in [0.15, 0.2) is 60.7 Å². The van der Waals surface area contributed by atoms with E-state index in [4.69, 9.17) is 9.47 Å². The van der Waals surface area contributed by atoms with Crippen molar-refractivity contribution in [1.82, 2.24) is 10.2 Å². The Kier molecular flexibility index (Phi) is 6.07. The van der Waals surface area contributed by atoms with E-state index in [1.54, 1.807) is 32.4 Å². The lowest BCUT2D eigenvalue weighted by atomic mass is 10.0. The SMILES string of the molecule is COc1cc(OC)cc(C(=O)NC2CCN(C(=O)c3cccc4ccccc34)CC2)c1. The Bertz CT molecular complexity index is 1080. The van der Waals surface area contributed by atoms with Crippen LogP contribution in [0, 0.1) is 0 Å². The largest absolute Gasteiger partial charge is 0.497 e. The van der Waals surface area contributed by atoms with Crippen LogP contribution >= 0.6 is 0 Å². The molecular weight excluding hydrogens is 392 g/mol. The molecule has 31 heavy (non-hydrogen) atoms. The fraction of sp³-hybridized carbons (Fsp3) is 0.280. The molecule has 3 aromatic carbocycles. The first-order valence-electron chi connectivity index (χ1n) is 10.4. The average Bonchev–Trinajstić information content (AvgIpc) is 2.83. The van der Waals surface area contributed by atoms with E-state index in [9.17, 15) is 9.59 Å². The van der Waals surface area contributed by atoms with Gasteiger partial charge in [0.15, 0.2) is 0 Å². The molecule has 0 saturated carbocycles.